The normalized spacial score (nSPS) is 14.6. The standard InChI is InChI=1S/C26H31N9O2/c1-19(5-6-24(28-2)33-8-10-34(11-9-33)26(36)29-7-12-37-4)23-13-20(22-16-30-32(3)17-22)18-35-25(23)21(14-27)15-31-35/h5-6,13,15-18H,2,7-12H2,1,3-4H3,(H,29,36)/b19-5+,24-6+. The number of allylic oxidation sites excluding steroid dienone is 3. The lowest BCUT2D eigenvalue weighted by atomic mass is 10.0. The lowest BCUT2D eigenvalue weighted by Gasteiger charge is -2.35. The van der Waals surface area contributed by atoms with Crippen molar-refractivity contribution in [2.45, 2.75) is 6.92 Å². The minimum atomic E-state index is -0.0869. The third kappa shape index (κ3) is 5.70. The molecule has 0 bridgehead atoms. The predicted octanol–water partition coefficient (Wildman–Crippen LogP) is 2.53. The first kappa shape index (κ1) is 25.7. The molecule has 0 atom stereocenters. The average Bonchev–Trinajstić information content (AvgIpc) is 3.54. The number of nitrogens with zero attached hydrogens (tertiary/aromatic N) is 8. The summed E-state index contributed by atoms with van der Waals surface area (Å²) in [4.78, 5) is 20.4. The van der Waals surface area contributed by atoms with Gasteiger partial charge in [0.1, 0.15) is 11.9 Å². The van der Waals surface area contributed by atoms with Crippen LogP contribution in [0.5, 0.6) is 0 Å². The first-order valence-corrected chi connectivity index (χ1v) is 12.0. The van der Waals surface area contributed by atoms with Gasteiger partial charge < -0.3 is 19.9 Å². The lowest BCUT2D eigenvalue weighted by molar-refractivity contribution is 0.151. The van der Waals surface area contributed by atoms with Crippen LogP contribution in [0, 0.1) is 11.3 Å². The fraction of sp³-hybridized carbons (Fsp3) is 0.346. The molecule has 4 rings (SSSR count). The van der Waals surface area contributed by atoms with E-state index in [0.29, 0.717) is 44.9 Å². The molecule has 0 saturated carbocycles. The molecule has 1 N–H and O–H groups in total. The molecule has 0 aliphatic carbocycles. The number of aliphatic imine (C=N–C) groups is 1. The zero-order chi connectivity index (χ0) is 26.4. The number of carbonyl (C=O) groups is 1. The van der Waals surface area contributed by atoms with Crippen LogP contribution in [0.25, 0.3) is 22.2 Å². The highest BCUT2D eigenvalue weighted by molar-refractivity contribution is 5.84. The first-order chi connectivity index (χ1) is 17.9. The molecular formula is C26H31N9O2. The number of piperazine rings is 1. The number of nitriles is 1. The number of hydrogen-bond acceptors (Lipinski definition) is 7. The Labute approximate surface area is 215 Å². The maximum Gasteiger partial charge on any atom is 0.317 e. The van der Waals surface area contributed by atoms with Crippen molar-refractivity contribution in [1.82, 2.24) is 34.5 Å². The van der Waals surface area contributed by atoms with Gasteiger partial charge in [0.05, 0.1) is 30.1 Å². The van der Waals surface area contributed by atoms with Gasteiger partial charge in [0.25, 0.3) is 0 Å². The smallest absolute Gasteiger partial charge is 0.317 e. The van der Waals surface area contributed by atoms with Crippen LogP contribution in [0.3, 0.4) is 0 Å². The van der Waals surface area contributed by atoms with Crippen LogP contribution in [0.15, 0.2) is 53.8 Å². The predicted molar refractivity (Wildman–Crippen MR) is 142 cm³/mol. The van der Waals surface area contributed by atoms with E-state index in [1.54, 1.807) is 33.6 Å². The Morgan fingerprint density at radius 1 is 1.19 bits per heavy atom. The zero-order valence-corrected chi connectivity index (χ0v) is 21.4. The third-order valence-corrected chi connectivity index (χ3v) is 6.31. The fourth-order valence-electron chi connectivity index (χ4n) is 4.29. The summed E-state index contributed by atoms with van der Waals surface area (Å²) in [6.45, 7) is 9.19. The van der Waals surface area contributed by atoms with E-state index in [1.165, 1.54) is 0 Å². The van der Waals surface area contributed by atoms with Gasteiger partial charge in [-0.15, -0.1) is 0 Å². The number of amides is 2. The molecule has 4 heterocycles. The largest absolute Gasteiger partial charge is 0.383 e. The molecule has 0 radical (unpaired) electrons. The molecule has 0 spiro atoms. The number of aryl methyl sites for hydroxylation is 1. The van der Waals surface area contributed by atoms with E-state index in [2.05, 4.69) is 44.3 Å². The summed E-state index contributed by atoms with van der Waals surface area (Å²) in [7, 11) is 3.48. The Morgan fingerprint density at radius 2 is 1.95 bits per heavy atom. The monoisotopic (exact) mass is 501 g/mol. The second kappa shape index (κ2) is 11.5. The maximum atomic E-state index is 12.3. The van der Waals surface area contributed by atoms with Gasteiger partial charge in [0.2, 0.25) is 0 Å². The van der Waals surface area contributed by atoms with Gasteiger partial charge in [0, 0.05) is 76.0 Å². The number of aromatic nitrogens is 4. The summed E-state index contributed by atoms with van der Waals surface area (Å²) >= 11 is 0. The molecule has 37 heavy (non-hydrogen) atoms. The van der Waals surface area contributed by atoms with Crippen LogP contribution < -0.4 is 5.32 Å². The fourth-order valence-corrected chi connectivity index (χ4v) is 4.29. The summed E-state index contributed by atoms with van der Waals surface area (Å²) < 4.78 is 8.47. The van der Waals surface area contributed by atoms with Gasteiger partial charge in [-0.05, 0) is 31.4 Å². The van der Waals surface area contributed by atoms with E-state index in [9.17, 15) is 10.1 Å². The molecule has 3 aromatic rings. The number of nitrogens with one attached hydrogen (secondary N) is 1. The number of rotatable bonds is 8. The van der Waals surface area contributed by atoms with Crippen molar-refractivity contribution in [3.8, 4) is 17.2 Å². The highest BCUT2D eigenvalue weighted by atomic mass is 16.5. The van der Waals surface area contributed by atoms with Crippen LogP contribution in [-0.2, 0) is 11.8 Å². The van der Waals surface area contributed by atoms with Crippen molar-refractivity contribution in [2.24, 2.45) is 12.0 Å². The minimum Gasteiger partial charge on any atom is -0.383 e. The molecule has 1 saturated heterocycles. The molecule has 11 nitrogen and oxygen atoms in total. The van der Waals surface area contributed by atoms with E-state index in [4.69, 9.17) is 4.74 Å². The second-order valence-electron chi connectivity index (χ2n) is 8.74. The number of fused-ring (bicyclic) bond motifs is 1. The number of methoxy groups -OCH3 is 1. The van der Waals surface area contributed by atoms with E-state index < -0.39 is 0 Å². The molecule has 192 valence electrons. The highest BCUT2D eigenvalue weighted by Crippen LogP contribution is 2.29. The van der Waals surface area contributed by atoms with Crippen LogP contribution >= 0.6 is 0 Å². The van der Waals surface area contributed by atoms with Crippen molar-refractivity contribution < 1.29 is 9.53 Å². The average molecular weight is 502 g/mol. The highest BCUT2D eigenvalue weighted by Gasteiger charge is 2.22. The quantitative estimate of drug-likeness (QED) is 0.288. The van der Waals surface area contributed by atoms with Crippen LogP contribution in [0.1, 0.15) is 18.1 Å². The van der Waals surface area contributed by atoms with Crippen molar-refractivity contribution in [3.63, 3.8) is 0 Å². The van der Waals surface area contributed by atoms with Crippen molar-refractivity contribution in [1.29, 1.82) is 5.26 Å². The first-order valence-electron chi connectivity index (χ1n) is 12.0. The maximum absolute atomic E-state index is 12.3. The van der Waals surface area contributed by atoms with Gasteiger partial charge >= 0.3 is 6.03 Å². The molecule has 11 heteroatoms. The van der Waals surface area contributed by atoms with Crippen molar-refractivity contribution >= 4 is 23.8 Å². The Morgan fingerprint density at radius 3 is 2.59 bits per heavy atom. The molecule has 0 unspecified atom stereocenters. The van der Waals surface area contributed by atoms with Crippen molar-refractivity contribution in [2.75, 3.05) is 46.4 Å². The summed E-state index contributed by atoms with van der Waals surface area (Å²) in [5.74, 6) is 0.729. The topological polar surface area (TPSA) is 116 Å². The van der Waals surface area contributed by atoms with E-state index in [0.717, 1.165) is 33.6 Å². The van der Waals surface area contributed by atoms with Gasteiger partial charge in [-0.3, -0.25) is 4.68 Å². The Hall–Kier alpha value is -4.43. The molecular weight excluding hydrogens is 470 g/mol. The minimum absolute atomic E-state index is 0.0869. The third-order valence-electron chi connectivity index (χ3n) is 6.31. The number of carbonyl (C=O) groups excluding carboxylic acids is 1. The lowest BCUT2D eigenvalue weighted by Crippen LogP contribution is -2.51. The molecule has 1 aliphatic rings. The molecule has 0 aromatic carbocycles. The molecule has 3 aromatic heterocycles. The number of pyridine rings is 1. The Kier molecular flexibility index (Phi) is 8.00. The van der Waals surface area contributed by atoms with E-state index in [1.807, 2.05) is 38.5 Å². The molecule has 1 fully saturated rings. The van der Waals surface area contributed by atoms with E-state index >= 15 is 0 Å². The van der Waals surface area contributed by atoms with Gasteiger partial charge in [-0.2, -0.15) is 15.5 Å². The zero-order valence-electron chi connectivity index (χ0n) is 21.4. The number of hydrogen-bond donors (Lipinski definition) is 1. The van der Waals surface area contributed by atoms with Crippen LogP contribution in [-0.4, -0.2) is 88.4 Å². The number of urea groups is 1. The second-order valence-corrected chi connectivity index (χ2v) is 8.74. The van der Waals surface area contributed by atoms with Gasteiger partial charge in [-0.25, -0.2) is 14.3 Å². The summed E-state index contributed by atoms with van der Waals surface area (Å²) in [5, 5.41) is 21.2. The Bertz CT molecular complexity index is 1380. The molecule has 2 amide bonds. The van der Waals surface area contributed by atoms with Crippen LogP contribution in [0.4, 0.5) is 4.79 Å². The van der Waals surface area contributed by atoms with Gasteiger partial charge in [0.15, 0.2) is 0 Å². The van der Waals surface area contributed by atoms with E-state index in [-0.39, 0.29) is 6.03 Å². The Balaban J connectivity index is 1.56. The summed E-state index contributed by atoms with van der Waals surface area (Å²) in [5.41, 5.74) is 5.00. The summed E-state index contributed by atoms with van der Waals surface area (Å²) in [6, 6.07) is 4.21. The SMILES string of the molecule is C=N/C(=C\C=C(/C)c1cc(-c2cnn(C)c2)cn2ncc(C#N)c12)N1CCN(C(=O)NCCOC)CC1. The van der Waals surface area contributed by atoms with Gasteiger partial charge in [-0.1, -0.05) is 6.08 Å². The van der Waals surface area contributed by atoms with Crippen LogP contribution in [0.2, 0.25) is 0 Å². The summed E-state index contributed by atoms with van der Waals surface area (Å²) in [6.07, 6.45) is 11.1. The molecule has 1 aliphatic heterocycles. The van der Waals surface area contributed by atoms with Crippen molar-refractivity contribution in [3.05, 3.63) is 60.0 Å². The number of ether oxygens (including phenoxy) is 1.